The van der Waals surface area contributed by atoms with E-state index in [0.717, 1.165) is 5.56 Å². The third-order valence-electron chi connectivity index (χ3n) is 3.23. The minimum atomic E-state index is -1.51. The molecule has 0 N–H and O–H groups in total. The highest BCUT2D eigenvalue weighted by atomic mass is 16.5. The van der Waals surface area contributed by atoms with Crippen LogP contribution in [0.4, 0.5) is 0 Å². The molecule has 0 fully saturated rings. The molecule has 0 aromatic heterocycles. The Hall–Kier alpha value is -2.54. The maximum atomic E-state index is 12.1. The van der Waals surface area contributed by atoms with Crippen molar-refractivity contribution in [3.8, 4) is 11.8 Å². The molecule has 0 unspecified atom stereocenters. The van der Waals surface area contributed by atoms with Crippen LogP contribution in [-0.2, 0) is 19.1 Å². The summed E-state index contributed by atoms with van der Waals surface area (Å²) in [7, 11) is 2.48. The Morgan fingerprint density at radius 3 is 2.05 bits per heavy atom. The second kappa shape index (κ2) is 5.22. The minimum absolute atomic E-state index is 0.449. The predicted octanol–water partition coefficient (Wildman–Crippen LogP) is 1.81. The molecule has 1 aliphatic rings. The maximum absolute atomic E-state index is 12.1. The molecule has 4 nitrogen and oxygen atoms in total. The molecule has 1 aromatic carbocycles. The lowest BCUT2D eigenvalue weighted by Crippen LogP contribution is -2.32. The fourth-order valence-corrected chi connectivity index (χ4v) is 2.33. The highest BCUT2D eigenvalue weighted by Crippen LogP contribution is 2.59. The molecule has 0 saturated carbocycles. The zero-order chi connectivity index (χ0) is 14.8. The Morgan fingerprint density at radius 1 is 1.05 bits per heavy atom. The first-order valence-electron chi connectivity index (χ1n) is 6.04. The van der Waals surface area contributed by atoms with Gasteiger partial charge in [-0.15, -0.1) is 5.92 Å². The van der Waals surface area contributed by atoms with Crippen molar-refractivity contribution < 1.29 is 19.1 Å². The molecule has 1 aliphatic carbocycles. The molecule has 20 heavy (non-hydrogen) atoms. The van der Waals surface area contributed by atoms with Gasteiger partial charge in [0.15, 0.2) is 0 Å². The van der Waals surface area contributed by atoms with Crippen LogP contribution in [0, 0.1) is 17.3 Å². The normalized spacial score (nSPS) is 14.9. The smallest absolute Gasteiger partial charge is 0.333 e. The highest BCUT2D eigenvalue weighted by molar-refractivity contribution is 6.27. The largest absolute Gasteiger partial charge is 0.468 e. The van der Waals surface area contributed by atoms with Crippen molar-refractivity contribution in [2.24, 2.45) is 5.41 Å². The van der Waals surface area contributed by atoms with Gasteiger partial charge in [0.05, 0.1) is 14.2 Å². The van der Waals surface area contributed by atoms with Crippen LogP contribution in [0.5, 0.6) is 0 Å². The van der Waals surface area contributed by atoms with Crippen LogP contribution in [0.25, 0.3) is 5.57 Å². The van der Waals surface area contributed by atoms with E-state index < -0.39 is 17.4 Å². The van der Waals surface area contributed by atoms with E-state index in [2.05, 4.69) is 11.8 Å². The molecule has 0 amide bonds. The van der Waals surface area contributed by atoms with Gasteiger partial charge in [-0.3, -0.25) is 9.59 Å². The highest BCUT2D eigenvalue weighted by Gasteiger charge is 2.67. The molecule has 102 valence electrons. The van der Waals surface area contributed by atoms with Gasteiger partial charge in [0.2, 0.25) is 5.41 Å². The third-order valence-corrected chi connectivity index (χ3v) is 3.23. The minimum Gasteiger partial charge on any atom is -0.468 e. The zero-order valence-electron chi connectivity index (χ0n) is 11.5. The average molecular weight is 270 g/mol. The third kappa shape index (κ3) is 1.79. The van der Waals surface area contributed by atoms with Crippen LogP contribution in [0.15, 0.2) is 35.9 Å². The van der Waals surface area contributed by atoms with E-state index in [1.54, 1.807) is 6.92 Å². The Kier molecular flexibility index (Phi) is 3.62. The van der Waals surface area contributed by atoms with E-state index in [1.165, 1.54) is 14.2 Å². The van der Waals surface area contributed by atoms with E-state index in [1.807, 2.05) is 30.3 Å². The number of carbonyl (C=O) groups is 2. The van der Waals surface area contributed by atoms with Gasteiger partial charge >= 0.3 is 11.9 Å². The molecular weight excluding hydrogens is 256 g/mol. The average Bonchev–Trinajstić information content (AvgIpc) is 3.16. The van der Waals surface area contributed by atoms with Crippen molar-refractivity contribution in [2.75, 3.05) is 14.2 Å². The molecule has 0 saturated heterocycles. The van der Waals surface area contributed by atoms with Crippen molar-refractivity contribution in [1.29, 1.82) is 0 Å². The van der Waals surface area contributed by atoms with E-state index >= 15 is 0 Å². The predicted molar refractivity (Wildman–Crippen MR) is 73.3 cm³/mol. The fourth-order valence-electron chi connectivity index (χ4n) is 2.33. The van der Waals surface area contributed by atoms with Gasteiger partial charge in [0.25, 0.3) is 0 Å². The van der Waals surface area contributed by atoms with Crippen molar-refractivity contribution in [3.05, 3.63) is 41.5 Å². The molecule has 0 atom stereocenters. The second-order valence-electron chi connectivity index (χ2n) is 4.22. The quantitative estimate of drug-likeness (QED) is 0.477. The number of esters is 2. The molecule has 4 heteroatoms. The first kappa shape index (κ1) is 13.9. The summed E-state index contributed by atoms with van der Waals surface area (Å²) in [6.45, 7) is 1.65. The molecule has 0 radical (unpaired) electrons. The molecule has 0 heterocycles. The van der Waals surface area contributed by atoms with Gasteiger partial charge < -0.3 is 9.47 Å². The summed E-state index contributed by atoms with van der Waals surface area (Å²) in [6.07, 6.45) is 0. The van der Waals surface area contributed by atoms with Gasteiger partial charge in [-0.05, 0) is 12.5 Å². The summed E-state index contributed by atoms with van der Waals surface area (Å²) < 4.78 is 9.56. The monoisotopic (exact) mass is 270 g/mol. The molecule has 1 aromatic rings. The van der Waals surface area contributed by atoms with Crippen molar-refractivity contribution >= 4 is 17.5 Å². The van der Waals surface area contributed by atoms with Crippen LogP contribution >= 0.6 is 0 Å². The summed E-state index contributed by atoms with van der Waals surface area (Å²) in [5.41, 5.74) is 0.269. The second-order valence-corrected chi connectivity index (χ2v) is 4.22. The van der Waals surface area contributed by atoms with Crippen LogP contribution in [0.3, 0.4) is 0 Å². The summed E-state index contributed by atoms with van der Waals surface area (Å²) in [6, 6.07) is 9.16. The van der Waals surface area contributed by atoms with Gasteiger partial charge in [0.1, 0.15) is 0 Å². The van der Waals surface area contributed by atoms with Crippen molar-refractivity contribution in [1.82, 2.24) is 0 Å². The molecule has 0 spiro atoms. The van der Waals surface area contributed by atoms with E-state index in [-0.39, 0.29) is 0 Å². The lowest BCUT2D eigenvalue weighted by molar-refractivity contribution is -0.159. The van der Waals surface area contributed by atoms with E-state index in [0.29, 0.717) is 11.1 Å². The number of benzene rings is 1. The van der Waals surface area contributed by atoms with Crippen molar-refractivity contribution in [2.45, 2.75) is 6.92 Å². The summed E-state index contributed by atoms with van der Waals surface area (Å²) in [4.78, 5) is 24.3. The van der Waals surface area contributed by atoms with Crippen LogP contribution < -0.4 is 0 Å². The number of carbonyl (C=O) groups excluding carboxylic acids is 2. The standard InChI is InChI=1S/C16H14O4/c1-4-8-12-13(11-9-6-5-7-10-11)16(12,14(17)19-2)15(18)20-3/h5-7,9-10H,1-3H3. The summed E-state index contributed by atoms with van der Waals surface area (Å²) in [5, 5.41) is 0. The van der Waals surface area contributed by atoms with Gasteiger partial charge in [-0.2, -0.15) is 0 Å². The molecule has 0 aliphatic heterocycles. The number of hydrogen-bond acceptors (Lipinski definition) is 4. The van der Waals surface area contributed by atoms with E-state index in [9.17, 15) is 9.59 Å². The molecular formula is C16H14O4. The van der Waals surface area contributed by atoms with E-state index in [4.69, 9.17) is 9.47 Å². The Morgan fingerprint density at radius 2 is 1.60 bits per heavy atom. The van der Waals surface area contributed by atoms with Gasteiger partial charge in [-0.1, -0.05) is 36.3 Å². The number of rotatable bonds is 3. The van der Waals surface area contributed by atoms with Gasteiger partial charge in [0, 0.05) is 11.1 Å². The maximum Gasteiger partial charge on any atom is 0.333 e. The molecule has 2 rings (SSSR count). The van der Waals surface area contributed by atoms with Crippen LogP contribution in [0.2, 0.25) is 0 Å². The first-order chi connectivity index (χ1) is 9.64. The Balaban J connectivity index is 2.58. The number of ether oxygens (including phenoxy) is 2. The summed E-state index contributed by atoms with van der Waals surface area (Å²) in [5.74, 6) is 4.20. The first-order valence-corrected chi connectivity index (χ1v) is 6.04. The fraction of sp³-hybridized carbons (Fsp3) is 0.250. The zero-order valence-corrected chi connectivity index (χ0v) is 11.5. The van der Waals surface area contributed by atoms with Crippen LogP contribution in [0.1, 0.15) is 12.5 Å². The Bertz CT molecular complexity index is 628. The number of methoxy groups -OCH3 is 2. The molecule has 0 bridgehead atoms. The lowest BCUT2D eigenvalue weighted by atomic mass is 9.94. The summed E-state index contributed by atoms with van der Waals surface area (Å²) >= 11 is 0. The lowest BCUT2D eigenvalue weighted by Gasteiger charge is -2.14. The van der Waals surface area contributed by atoms with Crippen LogP contribution in [-0.4, -0.2) is 26.2 Å². The topological polar surface area (TPSA) is 52.6 Å². The van der Waals surface area contributed by atoms with Crippen molar-refractivity contribution in [3.63, 3.8) is 0 Å². The number of hydrogen-bond donors (Lipinski definition) is 0. The Labute approximate surface area is 117 Å². The SMILES string of the molecule is CC#CC1=C(c2ccccc2)C1(C(=O)OC)C(=O)OC. The van der Waals surface area contributed by atoms with Gasteiger partial charge in [-0.25, -0.2) is 0 Å².